The first-order valence-electron chi connectivity index (χ1n) is 10.3. The van der Waals surface area contributed by atoms with E-state index in [1.165, 1.54) is 11.3 Å². The summed E-state index contributed by atoms with van der Waals surface area (Å²) in [6.45, 7) is 4.68. The number of aryl methyl sites for hydroxylation is 2. The van der Waals surface area contributed by atoms with E-state index in [0.717, 1.165) is 57.8 Å². The van der Waals surface area contributed by atoms with Crippen LogP contribution in [0.1, 0.15) is 39.2 Å². The van der Waals surface area contributed by atoms with Crippen molar-refractivity contribution in [1.29, 1.82) is 0 Å². The second-order valence-electron chi connectivity index (χ2n) is 8.05. The summed E-state index contributed by atoms with van der Waals surface area (Å²) in [7, 11) is 0. The Morgan fingerprint density at radius 1 is 1.13 bits per heavy atom. The molecule has 5 nitrogen and oxygen atoms in total. The van der Waals surface area contributed by atoms with Crippen LogP contribution in [-0.2, 0) is 11.2 Å². The quantitative estimate of drug-likeness (QED) is 0.651. The summed E-state index contributed by atoms with van der Waals surface area (Å²) in [5.74, 6) is 0.290. The molecule has 1 fully saturated rings. The van der Waals surface area contributed by atoms with Crippen molar-refractivity contribution in [2.24, 2.45) is 5.92 Å². The van der Waals surface area contributed by atoms with Gasteiger partial charge in [-0.15, -0.1) is 11.3 Å². The van der Waals surface area contributed by atoms with Crippen molar-refractivity contribution in [3.8, 4) is 11.3 Å². The number of nitrogens with one attached hydrogen (secondary N) is 1. The van der Waals surface area contributed by atoms with E-state index in [2.05, 4.69) is 16.4 Å². The van der Waals surface area contributed by atoms with Crippen LogP contribution >= 0.6 is 11.3 Å². The molecule has 3 aromatic rings. The maximum Gasteiger partial charge on any atom is 0.258 e. The molecule has 0 atom stereocenters. The van der Waals surface area contributed by atoms with Gasteiger partial charge in [-0.05, 0) is 62.4 Å². The van der Waals surface area contributed by atoms with Crippen molar-refractivity contribution in [1.82, 2.24) is 4.98 Å². The number of carbonyl (C=O) groups is 2. The zero-order valence-electron chi connectivity index (χ0n) is 17.1. The van der Waals surface area contributed by atoms with E-state index >= 15 is 0 Å². The van der Waals surface area contributed by atoms with Gasteiger partial charge in [-0.2, -0.15) is 0 Å². The van der Waals surface area contributed by atoms with Crippen molar-refractivity contribution in [3.63, 3.8) is 0 Å². The second kappa shape index (κ2) is 7.36. The smallest absolute Gasteiger partial charge is 0.258 e. The molecule has 1 aliphatic carbocycles. The highest BCUT2D eigenvalue weighted by molar-refractivity contribution is 7.16. The Morgan fingerprint density at radius 3 is 2.70 bits per heavy atom. The summed E-state index contributed by atoms with van der Waals surface area (Å²) >= 11 is 1.51. The van der Waals surface area contributed by atoms with Gasteiger partial charge in [0, 0.05) is 34.2 Å². The van der Waals surface area contributed by atoms with Gasteiger partial charge in [-0.3, -0.25) is 9.59 Å². The molecule has 2 heterocycles. The largest absolute Gasteiger partial charge is 0.308 e. The van der Waals surface area contributed by atoms with E-state index in [4.69, 9.17) is 0 Å². The van der Waals surface area contributed by atoms with Crippen LogP contribution in [0.3, 0.4) is 0 Å². The lowest BCUT2D eigenvalue weighted by atomic mass is 10.0. The Hall–Kier alpha value is -2.99. The normalized spacial score (nSPS) is 15.2. The van der Waals surface area contributed by atoms with E-state index in [1.807, 2.05) is 55.1 Å². The molecule has 6 heteroatoms. The number of nitrogens with zero attached hydrogens (tertiary/aromatic N) is 2. The van der Waals surface area contributed by atoms with Crippen LogP contribution in [-0.4, -0.2) is 23.3 Å². The molecule has 0 saturated heterocycles. The third kappa shape index (κ3) is 3.41. The summed E-state index contributed by atoms with van der Waals surface area (Å²) in [5, 5.41) is 3.61. The molecule has 30 heavy (non-hydrogen) atoms. The SMILES string of the molecule is Cc1ccccc1C(=O)N1CCc2cc(-c3nc(NC(=O)C4CC4)sc3C)ccc21. The van der Waals surface area contributed by atoms with E-state index < -0.39 is 0 Å². The van der Waals surface area contributed by atoms with Crippen LogP contribution in [0, 0.1) is 19.8 Å². The van der Waals surface area contributed by atoms with Crippen LogP contribution in [0.15, 0.2) is 42.5 Å². The molecular formula is C24H23N3O2S. The van der Waals surface area contributed by atoms with E-state index in [0.29, 0.717) is 11.7 Å². The molecule has 0 spiro atoms. The Morgan fingerprint density at radius 2 is 1.93 bits per heavy atom. The van der Waals surface area contributed by atoms with Crippen molar-refractivity contribution in [2.45, 2.75) is 33.1 Å². The fourth-order valence-electron chi connectivity index (χ4n) is 3.99. The highest BCUT2D eigenvalue weighted by atomic mass is 32.1. The molecular weight excluding hydrogens is 394 g/mol. The maximum absolute atomic E-state index is 13.1. The molecule has 5 rings (SSSR count). The molecule has 2 aliphatic rings. The number of amides is 2. The van der Waals surface area contributed by atoms with Crippen molar-refractivity contribution in [3.05, 3.63) is 64.0 Å². The number of fused-ring (bicyclic) bond motifs is 1. The van der Waals surface area contributed by atoms with E-state index in [9.17, 15) is 9.59 Å². The minimum atomic E-state index is 0.0505. The van der Waals surface area contributed by atoms with Crippen molar-refractivity contribution < 1.29 is 9.59 Å². The van der Waals surface area contributed by atoms with Gasteiger partial charge >= 0.3 is 0 Å². The summed E-state index contributed by atoms with van der Waals surface area (Å²) in [6.07, 6.45) is 2.78. The molecule has 0 radical (unpaired) electrons. The lowest BCUT2D eigenvalue weighted by molar-refractivity contribution is -0.117. The van der Waals surface area contributed by atoms with Crippen LogP contribution in [0.2, 0.25) is 0 Å². The third-order valence-corrected chi connectivity index (χ3v) is 6.73. The summed E-state index contributed by atoms with van der Waals surface area (Å²) in [5.41, 5.74) is 5.80. The number of benzene rings is 2. The highest BCUT2D eigenvalue weighted by Crippen LogP contribution is 2.37. The number of hydrogen-bond donors (Lipinski definition) is 1. The Labute approximate surface area is 179 Å². The third-order valence-electron chi connectivity index (χ3n) is 5.84. The molecule has 1 aromatic heterocycles. The molecule has 2 amide bonds. The molecule has 0 bridgehead atoms. The van der Waals surface area contributed by atoms with E-state index in [-0.39, 0.29) is 17.7 Å². The zero-order valence-corrected chi connectivity index (χ0v) is 17.9. The Balaban J connectivity index is 1.40. The van der Waals surface area contributed by atoms with Gasteiger partial charge in [0.25, 0.3) is 5.91 Å². The fraction of sp³-hybridized carbons (Fsp3) is 0.292. The van der Waals surface area contributed by atoms with Crippen LogP contribution in [0.4, 0.5) is 10.8 Å². The van der Waals surface area contributed by atoms with Gasteiger partial charge in [0.15, 0.2) is 5.13 Å². The number of carbonyl (C=O) groups excluding carboxylic acids is 2. The summed E-state index contributed by atoms with van der Waals surface area (Å²) < 4.78 is 0. The average Bonchev–Trinajstić information content (AvgIpc) is 3.41. The van der Waals surface area contributed by atoms with Gasteiger partial charge in [0.2, 0.25) is 5.91 Å². The molecule has 1 aliphatic heterocycles. The fourth-order valence-corrected chi connectivity index (χ4v) is 4.83. The molecule has 152 valence electrons. The first-order valence-corrected chi connectivity index (χ1v) is 11.1. The first-order chi connectivity index (χ1) is 14.5. The lowest BCUT2D eigenvalue weighted by Crippen LogP contribution is -2.29. The maximum atomic E-state index is 13.1. The predicted octanol–water partition coefficient (Wildman–Crippen LogP) is 4.98. The molecule has 1 saturated carbocycles. The minimum absolute atomic E-state index is 0.0505. The van der Waals surface area contributed by atoms with Gasteiger partial charge in [-0.25, -0.2) is 4.98 Å². The zero-order chi connectivity index (χ0) is 20.8. The molecule has 0 unspecified atom stereocenters. The van der Waals surface area contributed by atoms with Gasteiger partial charge in [-0.1, -0.05) is 24.3 Å². The number of thiazole rings is 1. The lowest BCUT2D eigenvalue weighted by Gasteiger charge is -2.18. The van der Waals surface area contributed by atoms with Gasteiger partial charge < -0.3 is 10.2 Å². The van der Waals surface area contributed by atoms with E-state index in [1.54, 1.807) is 0 Å². The standard InChI is InChI=1S/C24H23N3O2S/c1-14-5-3-4-6-19(14)23(29)27-12-11-17-13-18(9-10-20(17)27)21-15(2)30-24(25-21)26-22(28)16-7-8-16/h3-6,9-10,13,16H,7-8,11-12H2,1-2H3,(H,25,26,28). The Kier molecular flexibility index (Phi) is 4.66. The van der Waals surface area contributed by atoms with Gasteiger partial charge in [0.1, 0.15) is 0 Å². The van der Waals surface area contributed by atoms with Gasteiger partial charge in [0.05, 0.1) is 5.69 Å². The molecule has 1 N–H and O–H groups in total. The predicted molar refractivity (Wildman–Crippen MR) is 120 cm³/mol. The topological polar surface area (TPSA) is 62.3 Å². The highest BCUT2D eigenvalue weighted by Gasteiger charge is 2.30. The summed E-state index contributed by atoms with van der Waals surface area (Å²) in [6, 6.07) is 13.9. The van der Waals surface area contributed by atoms with Crippen LogP contribution in [0.5, 0.6) is 0 Å². The number of anilines is 2. The van der Waals surface area contributed by atoms with Crippen LogP contribution in [0.25, 0.3) is 11.3 Å². The number of aromatic nitrogens is 1. The second-order valence-corrected chi connectivity index (χ2v) is 9.26. The van der Waals surface area contributed by atoms with Crippen LogP contribution < -0.4 is 10.2 Å². The molecule has 2 aromatic carbocycles. The van der Waals surface area contributed by atoms with Crippen molar-refractivity contribution >= 4 is 34.0 Å². The van der Waals surface area contributed by atoms with Crippen molar-refractivity contribution in [2.75, 3.05) is 16.8 Å². The number of rotatable bonds is 4. The average molecular weight is 418 g/mol. The first kappa shape index (κ1) is 19.0. The number of hydrogen-bond acceptors (Lipinski definition) is 4. The Bertz CT molecular complexity index is 1160. The monoisotopic (exact) mass is 417 g/mol. The summed E-state index contributed by atoms with van der Waals surface area (Å²) in [4.78, 5) is 32.7. The minimum Gasteiger partial charge on any atom is -0.308 e.